The summed E-state index contributed by atoms with van der Waals surface area (Å²) in [5.41, 5.74) is -0.117. The molecule has 0 aromatic carbocycles. The molecule has 4 aliphatic heterocycles. The van der Waals surface area contributed by atoms with E-state index in [1.807, 2.05) is 12.1 Å². The molecule has 4 aromatic heterocycles. The number of halogens is 4. The van der Waals surface area contributed by atoms with Crippen molar-refractivity contribution in [2.75, 3.05) is 34.8 Å². The summed E-state index contributed by atoms with van der Waals surface area (Å²) in [7, 11) is -10.5. The van der Waals surface area contributed by atoms with Gasteiger partial charge in [0.25, 0.3) is 20.4 Å². The van der Waals surface area contributed by atoms with Crippen molar-refractivity contribution in [1.82, 2.24) is 26.7 Å². The lowest BCUT2D eigenvalue weighted by molar-refractivity contribution is -0.142. The standard InChI is InChI=1S/C10H9BrN2O4S2.2C9H11BrN2O4S2.C9H7BrN2O4S2/c1-13-7(8(15)5-14)4-6(12-19(13,16)17)9-2-3-10(11)18-9;3*1-12-6(9(13)14)4-5(11-18(12,15)16)7-2-3-8(10)17-7/h2-4,14H,5H2,1H3;2*2-3,5-6,11H,4H2,1H3,(H,13,14);2-4H,1H3,(H,13,14)/t;5-,6+;;/m.1../s1. The third kappa shape index (κ3) is 15.1. The maximum absolute atomic E-state index is 11.9. The summed E-state index contributed by atoms with van der Waals surface area (Å²) in [4.78, 5) is 47.5. The number of carboxylic acid groups (broad SMARTS) is 3. The molecule has 0 saturated carbocycles. The highest BCUT2D eigenvalue weighted by atomic mass is 79.9. The number of aliphatic hydroxyl groups is 1. The number of carbonyl (C=O) groups excluding carboxylic acids is 1. The number of likely N-dealkylation sites (N-methyl/N-ethyl adjacent to an activating group) is 4. The third-order valence-corrected chi connectivity index (χ3v) is 22.8. The minimum absolute atomic E-state index is 0.1000. The molecule has 0 spiro atoms. The number of hydrogen-bond donors (Lipinski definition) is 6. The summed E-state index contributed by atoms with van der Waals surface area (Å²) in [5, 5.41) is 36.0. The second-order valence-electron chi connectivity index (χ2n) is 14.8. The van der Waals surface area contributed by atoms with Gasteiger partial charge in [-0.15, -0.1) is 54.1 Å². The molecule has 8 rings (SSSR count). The number of ketones is 1. The lowest BCUT2D eigenvalue weighted by atomic mass is 10.1. The molecule has 0 aliphatic carbocycles. The van der Waals surface area contributed by atoms with Gasteiger partial charge in [-0.25, -0.2) is 9.10 Å². The molecule has 4 atom stereocenters. The smallest absolute Gasteiger partial charge is 0.353 e. The van der Waals surface area contributed by atoms with Crippen molar-refractivity contribution >= 4 is 185 Å². The molecule has 4 aliphatic rings. The van der Waals surface area contributed by atoms with Gasteiger partial charge in [0.2, 0.25) is 5.78 Å². The van der Waals surface area contributed by atoms with E-state index < -0.39 is 95.3 Å². The van der Waals surface area contributed by atoms with E-state index in [4.69, 9.17) is 20.4 Å². The first kappa shape index (κ1) is 60.7. The number of thiophene rings is 4. The number of allylic oxidation sites excluding steroid dienone is 2. The zero-order valence-electron chi connectivity index (χ0n) is 37.4. The lowest BCUT2D eigenvalue weighted by Crippen LogP contribution is -2.54. The van der Waals surface area contributed by atoms with Crippen molar-refractivity contribution < 1.29 is 73.3 Å². The van der Waals surface area contributed by atoms with Crippen LogP contribution in [0.25, 0.3) is 0 Å². The summed E-state index contributed by atoms with van der Waals surface area (Å²) < 4.78 is 113. The molecular weight excluding hydrogens is 1390 g/mol. The van der Waals surface area contributed by atoms with Gasteiger partial charge in [-0.2, -0.15) is 51.7 Å². The minimum atomic E-state index is -3.98. The Hall–Kier alpha value is -3.18. The molecule has 73 heavy (non-hydrogen) atoms. The third-order valence-electron chi connectivity index (χ3n) is 10.2. The number of nitrogens with zero attached hydrogens (tertiary/aromatic N) is 6. The van der Waals surface area contributed by atoms with Crippen molar-refractivity contribution in [2.24, 2.45) is 8.80 Å². The molecule has 36 heteroatoms. The van der Waals surface area contributed by atoms with Crippen molar-refractivity contribution in [2.45, 2.75) is 37.0 Å². The van der Waals surface area contributed by atoms with Gasteiger partial charge >= 0.3 is 38.3 Å². The molecule has 6 N–H and O–H groups in total. The number of aliphatic carboxylic acids is 3. The summed E-state index contributed by atoms with van der Waals surface area (Å²) >= 11 is 18.5. The second kappa shape index (κ2) is 24.4. The Labute approximate surface area is 467 Å². The van der Waals surface area contributed by atoms with Crippen LogP contribution in [-0.2, 0) is 60.0 Å². The SMILES string of the molecule is CN1C(C(=O)CO)=CC(c2ccc(Br)s2)=NS1(=O)=O.CN1C(C(=O)O)=CC(c2ccc(Br)s2)=NS1(=O)=O.CN1C(C(=O)O)CC(c2ccc(Br)s2)NS1(=O)=O.CN1[C@H](C(=O)O)C[C@H](c2ccc(Br)s2)NS1(=O)=O. The van der Waals surface area contributed by atoms with Crippen LogP contribution in [0.15, 0.2) is 96.0 Å². The fourth-order valence-electron chi connectivity index (χ4n) is 6.38. The van der Waals surface area contributed by atoms with E-state index in [-0.39, 0.29) is 35.7 Å². The van der Waals surface area contributed by atoms with Crippen LogP contribution in [0.1, 0.15) is 44.4 Å². The van der Waals surface area contributed by atoms with Gasteiger partial charge < -0.3 is 20.4 Å². The van der Waals surface area contributed by atoms with Crippen molar-refractivity contribution in [3.63, 3.8) is 0 Å². The Morgan fingerprint density at radius 3 is 1.22 bits per heavy atom. The average Bonchev–Trinajstić information content (AvgIpc) is 4.14. The quantitative estimate of drug-likeness (QED) is 0.132. The zero-order chi connectivity index (χ0) is 54.7. The van der Waals surface area contributed by atoms with Gasteiger partial charge in [-0.3, -0.25) is 18.7 Å². The van der Waals surface area contributed by atoms with Crippen LogP contribution < -0.4 is 9.44 Å². The number of carbonyl (C=O) groups is 4. The number of carboxylic acids is 3. The zero-order valence-corrected chi connectivity index (χ0v) is 50.2. The van der Waals surface area contributed by atoms with Crippen LogP contribution in [0, 0.1) is 0 Å². The van der Waals surface area contributed by atoms with E-state index in [2.05, 4.69) is 82.0 Å². The number of hydrogen-bond acceptors (Lipinski definition) is 17. The van der Waals surface area contributed by atoms with E-state index in [1.54, 1.807) is 36.4 Å². The van der Waals surface area contributed by atoms with Gasteiger partial charge in [0.1, 0.15) is 30.1 Å². The van der Waals surface area contributed by atoms with Crippen molar-refractivity contribution in [3.05, 3.63) is 107 Å². The molecule has 0 radical (unpaired) electrons. The van der Waals surface area contributed by atoms with E-state index in [9.17, 15) is 52.8 Å². The fourth-order valence-corrected chi connectivity index (χ4v) is 16.7. The Morgan fingerprint density at radius 1 is 0.575 bits per heavy atom. The molecule has 2 unspecified atom stereocenters. The van der Waals surface area contributed by atoms with E-state index in [0.29, 0.717) is 14.1 Å². The Bertz CT molecular complexity index is 3290. The molecule has 2 saturated heterocycles. The molecule has 4 aromatic rings. The van der Waals surface area contributed by atoms with Gasteiger partial charge in [0, 0.05) is 37.9 Å². The molecule has 0 bridgehead atoms. The van der Waals surface area contributed by atoms with Crippen LogP contribution in [0.5, 0.6) is 0 Å². The topological polar surface area (TPSA) is 347 Å². The monoisotopic (exact) mass is 1420 g/mol. The predicted molar refractivity (Wildman–Crippen MR) is 288 cm³/mol. The predicted octanol–water partition coefficient (Wildman–Crippen LogP) is 4.74. The van der Waals surface area contributed by atoms with Crippen molar-refractivity contribution in [1.29, 1.82) is 0 Å². The highest BCUT2D eigenvalue weighted by molar-refractivity contribution is 9.11. The Kier molecular flexibility index (Phi) is 20.3. The molecule has 0 amide bonds. The highest BCUT2D eigenvalue weighted by Crippen LogP contribution is 2.36. The van der Waals surface area contributed by atoms with Crippen LogP contribution in [0.4, 0.5) is 0 Å². The average molecular weight is 1430 g/mol. The molecular formula is C37H38Br4N8O16S8. The summed E-state index contributed by atoms with van der Waals surface area (Å²) in [6, 6.07) is 11.0. The minimum Gasteiger partial charge on any atom is -0.480 e. The fraction of sp³-hybridized carbons (Fsp3) is 0.297. The van der Waals surface area contributed by atoms with Crippen LogP contribution in [0.2, 0.25) is 0 Å². The first-order valence-electron chi connectivity index (χ1n) is 19.7. The van der Waals surface area contributed by atoms with Gasteiger partial charge in [-0.05, 0) is 137 Å². The van der Waals surface area contributed by atoms with E-state index >= 15 is 0 Å². The molecule has 24 nitrogen and oxygen atoms in total. The Morgan fingerprint density at radius 2 is 0.918 bits per heavy atom. The summed E-state index contributed by atoms with van der Waals surface area (Å²) in [6.07, 6.45) is 3.01. The Balaban J connectivity index is 0.000000181. The highest BCUT2D eigenvalue weighted by Gasteiger charge is 2.42. The van der Waals surface area contributed by atoms with Gasteiger partial charge in [-0.1, -0.05) is 0 Å². The van der Waals surface area contributed by atoms with E-state index in [1.165, 1.54) is 78.6 Å². The summed E-state index contributed by atoms with van der Waals surface area (Å²) in [6.45, 7) is -0.757. The first-order chi connectivity index (χ1) is 33.8. The molecule has 2 fully saturated rings. The second-order valence-corrected chi connectivity index (χ2v) is 31.5. The molecule has 8 heterocycles. The number of Topliss-reactive ketones (excluding diaryl/α,β-unsaturated/α-hetero) is 1. The number of nitrogens with one attached hydrogen (secondary N) is 2. The van der Waals surface area contributed by atoms with E-state index in [0.717, 1.165) is 44.9 Å². The van der Waals surface area contributed by atoms with Crippen molar-refractivity contribution in [3.8, 4) is 0 Å². The number of rotatable bonds is 9. The van der Waals surface area contributed by atoms with Crippen LogP contribution >= 0.6 is 109 Å². The lowest BCUT2D eigenvalue weighted by Gasteiger charge is -2.34. The van der Waals surface area contributed by atoms with Crippen LogP contribution in [0.3, 0.4) is 0 Å². The first-order valence-corrected chi connectivity index (χ1v) is 31.9. The molecule has 398 valence electrons. The normalized spacial score (nSPS) is 23.0. The van der Waals surface area contributed by atoms with Gasteiger partial charge in [0.15, 0.2) is 0 Å². The number of aliphatic hydroxyl groups excluding tert-OH is 1. The largest absolute Gasteiger partial charge is 0.480 e. The summed E-state index contributed by atoms with van der Waals surface area (Å²) in [5.74, 6) is -4.26. The van der Waals surface area contributed by atoms with Crippen LogP contribution in [-0.4, -0.2) is 153 Å². The van der Waals surface area contributed by atoms with Gasteiger partial charge in [0.05, 0.1) is 48.4 Å². The maximum Gasteiger partial charge on any atom is 0.353 e. The maximum atomic E-state index is 11.9.